The number of carbonyl (C=O) groups excluding carboxylic acids is 2. The Labute approximate surface area is 194 Å². The van der Waals surface area contributed by atoms with Gasteiger partial charge in [0.15, 0.2) is 0 Å². The maximum atomic E-state index is 13.2. The molecule has 0 bridgehead atoms. The van der Waals surface area contributed by atoms with Crippen molar-refractivity contribution in [3.8, 4) is 5.75 Å². The number of esters is 1. The number of rotatable bonds is 7. The average molecular weight is 475 g/mol. The molecule has 0 aromatic heterocycles. The van der Waals surface area contributed by atoms with Crippen LogP contribution in [0.2, 0.25) is 0 Å². The minimum absolute atomic E-state index is 0.0417. The molecule has 1 aliphatic rings. The summed E-state index contributed by atoms with van der Waals surface area (Å²) in [4.78, 5) is 25.2. The largest absolute Gasteiger partial charge is 0.496 e. The molecule has 1 saturated heterocycles. The molecule has 0 radical (unpaired) electrons. The van der Waals surface area contributed by atoms with E-state index in [0.29, 0.717) is 30.3 Å². The summed E-state index contributed by atoms with van der Waals surface area (Å²) in [6, 6.07) is 9.14. The van der Waals surface area contributed by atoms with E-state index in [9.17, 15) is 18.0 Å². The maximum Gasteiger partial charge on any atom is 0.338 e. The number of nitrogens with zero attached hydrogens (tertiary/aromatic N) is 1. The fourth-order valence-electron chi connectivity index (χ4n) is 3.69. The monoisotopic (exact) mass is 474 g/mol. The van der Waals surface area contributed by atoms with E-state index < -0.39 is 21.9 Å². The highest BCUT2D eigenvalue weighted by molar-refractivity contribution is 7.89. The number of sulfonamides is 1. The third-order valence-electron chi connectivity index (χ3n) is 5.79. The SMILES string of the molecule is CCOC(=O)c1ccc(C)c(NC(=O)c2cc(S(=O)(=O)N3CCC(C)CC3)ccc2OC)c1. The van der Waals surface area contributed by atoms with E-state index >= 15 is 0 Å². The molecule has 1 heterocycles. The van der Waals surface area contributed by atoms with E-state index in [-0.39, 0.29) is 22.8 Å². The first-order valence-electron chi connectivity index (χ1n) is 10.9. The molecule has 0 saturated carbocycles. The van der Waals surface area contributed by atoms with Crippen LogP contribution in [-0.2, 0) is 14.8 Å². The van der Waals surface area contributed by atoms with Gasteiger partial charge in [-0.15, -0.1) is 0 Å². The van der Waals surface area contributed by atoms with E-state index in [1.54, 1.807) is 26.0 Å². The Bertz CT molecular complexity index is 1140. The highest BCUT2D eigenvalue weighted by atomic mass is 32.2. The van der Waals surface area contributed by atoms with Gasteiger partial charge in [-0.25, -0.2) is 13.2 Å². The van der Waals surface area contributed by atoms with Gasteiger partial charge < -0.3 is 14.8 Å². The molecule has 9 heteroatoms. The van der Waals surface area contributed by atoms with Crippen molar-refractivity contribution in [2.45, 2.75) is 38.5 Å². The standard InChI is InChI=1S/C24H30N2O6S/c1-5-32-24(28)18-7-6-17(3)21(14-18)25-23(27)20-15-19(8-9-22(20)31-4)33(29,30)26-12-10-16(2)11-13-26/h6-9,14-16H,5,10-13H2,1-4H3,(H,25,27). The second-order valence-electron chi connectivity index (χ2n) is 8.15. The summed E-state index contributed by atoms with van der Waals surface area (Å²) < 4.78 is 38.1. The number of methoxy groups -OCH3 is 1. The van der Waals surface area contributed by atoms with Crippen molar-refractivity contribution in [1.29, 1.82) is 0 Å². The van der Waals surface area contributed by atoms with Gasteiger partial charge in [0, 0.05) is 18.8 Å². The molecule has 8 nitrogen and oxygen atoms in total. The Kier molecular flexibility index (Phi) is 7.76. The quantitative estimate of drug-likeness (QED) is 0.612. The molecule has 1 N–H and O–H groups in total. The molecule has 178 valence electrons. The van der Waals surface area contributed by atoms with Crippen LogP contribution in [0.5, 0.6) is 5.75 Å². The fourth-order valence-corrected chi connectivity index (χ4v) is 5.18. The Morgan fingerprint density at radius 2 is 1.82 bits per heavy atom. The summed E-state index contributed by atoms with van der Waals surface area (Å²) in [5.74, 6) is -0.296. The van der Waals surface area contributed by atoms with Crippen LogP contribution in [0, 0.1) is 12.8 Å². The van der Waals surface area contributed by atoms with Crippen molar-refractivity contribution in [3.63, 3.8) is 0 Å². The van der Waals surface area contributed by atoms with Crippen LogP contribution < -0.4 is 10.1 Å². The molecule has 1 aliphatic heterocycles. The van der Waals surface area contributed by atoms with Gasteiger partial charge in [-0.2, -0.15) is 4.31 Å². The summed E-state index contributed by atoms with van der Waals surface area (Å²) >= 11 is 0. The zero-order valence-electron chi connectivity index (χ0n) is 19.4. The van der Waals surface area contributed by atoms with Crippen molar-refractivity contribution in [1.82, 2.24) is 4.31 Å². The summed E-state index contributed by atoms with van der Waals surface area (Å²) in [6.45, 7) is 6.77. The number of nitrogens with one attached hydrogen (secondary N) is 1. The number of hydrogen-bond acceptors (Lipinski definition) is 6. The van der Waals surface area contributed by atoms with Crippen LogP contribution in [0.1, 0.15) is 53.0 Å². The second kappa shape index (κ2) is 10.4. The molecule has 33 heavy (non-hydrogen) atoms. The van der Waals surface area contributed by atoms with Crippen molar-refractivity contribution < 1.29 is 27.5 Å². The van der Waals surface area contributed by atoms with Crippen LogP contribution >= 0.6 is 0 Å². The van der Waals surface area contributed by atoms with Crippen LogP contribution in [0.3, 0.4) is 0 Å². The molecule has 1 fully saturated rings. The first-order valence-corrected chi connectivity index (χ1v) is 12.4. The Morgan fingerprint density at radius 3 is 2.45 bits per heavy atom. The second-order valence-corrected chi connectivity index (χ2v) is 10.1. The summed E-state index contributed by atoms with van der Waals surface area (Å²) in [7, 11) is -2.32. The minimum atomic E-state index is -3.74. The van der Waals surface area contributed by atoms with Gasteiger partial charge in [0.05, 0.1) is 29.7 Å². The lowest BCUT2D eigenvalue weighted by molar-refractivity contribution is 0.0526. The van der Waals surface area contributed by atoms with E-state index in [1.807, 2.05) is 0 Å². The number of aryl methyl sites for hydroxylation is 1. The molecule has 0 unspecified atom stereocenters. The van der Waals surface area contributed by atoms with Gasteiger partial charge in [0.2, 0.25) is 10.0 Å². The van der Waals surface area contributed by atoms with Gasteiger partial charge in [0.25, 0.3) is 5.91 Å². The number of amides is 1. The van der Waals surface area contributed by atoms with Gasteiger partial charge in [-0.1, -0.05) is 13.0 Å². The molecule has 0 atom stereocenters. The van der Waals surface area contributed by atoms with Gasteiger partial charge in [0.1, 0.15) is 5.75 Å². The van der Waals surface area contributed by atoms with Crippen molar-refractivity contribution >= 4 is 27.6 Å². The van der Waals surface area contributed by atoms with Crippen LogP contribution in [-0.4, -0.2) is 51.4 Å². The molecule has 2 aromatic carbocycles. The molecular formula is C24H30N2O6S. The van der Waals surface area contributed by atoms with E-state index in [0.717, 1.165) is 18.4 Å². The smallest absolute Gasteiger partial charge is 0.338 e. The first kappa shape index (κ1) is 24.7. The third kappa shape index (κ3) is 5.54. The number of anilines is 1. The summed E-state index contributed by atoms with van der Waals surface area (Å²) in [5, 5.41) is 2.77. The Balaban J connectivity index is 1.91. The van der Waals surface area contributed by atoms with E-state index in [2.05, 4.69) is 12.2 Å². The van der Waals surface area contributed by atoms with Crippen LogP contribution in [0.4, 0.5) is 5.69 Å². The number of carbonyl (C=O) groups is 2. The molecule has 0 spiro atoms. The normalized spacial score (nSPS) is 15.2. The highest BCUT2D eigenvalue weighted by Crippen LogP contribution is 2.28. The predicted molar refractivity (Wildman–Crippen MR) is 125 cm³/mol. The first-order chi connectivity index (χ1) is 15.7. The van der Waals surface area contributed by atoms with E-state index in [1.165, 1.54) is 35.7 Å². The third-order valence-corrected chi connectivity index (χ3v) is 7.69. The lowest BCUT2D eigenvalue weighted by atomic mass is 10.0. The molecule has 3 rings (SSSR count). The Hall–Kier alpha value is -2.91. The summed E-state index contributed by atoms with van der Waals surface area (Å²) in [6.07, 6.45) is 1.61. The lowest BCUT2D eigenvalue weighted by Gasteiger charge is -2.29. The van der Waals surface area contributed by atoms with Crippen molar-refractivity contribution in [3.05, 3.63) is 53.1 Å². The van der Waals surface area contributed by atoms with Gasteiger partial charge in [-0.05, 0) is 68.5 Å². The van der Waals surface area contributed by atoms with Gasteiger partial charge >= 0.3 is 5.97 Å². The number of hydrogen-bond donors (Lipinski definition) is 1. The number of benzene rings is 2. The lowest BCUT2D eigenvalue weighted by Crippen LogP contribution is -2.37. The van der Waals surface area contributed by atoms with Crippen LogP contribution in [0.15, 0.2) is 41.3 Å². The van der Waals surface area contributed by atoms with Crippen LogP contribution in [0.25, 0.3) is 0 Å². The molecular weight excluding hydrogens is 444 g/mol. The predicted octanol–water partition coefficient (Wildman–Crippen LogP) is 3.85. The summed E-state index contributed by atoms with van der Waals surface area (Å²) in [5.41, 5.74) is 1.55. The molecule has 2 aromatic rings. The number of ether oxygens (including phenoxy) is 2. The van der Waals surface area contributed by atoms with Crippen molar-refractivity contribution in [2.24, 2.45) is 5.92 Å². The average Bonchev–Trinajstić information content (AvgIpc) is 2.80. The molecule has 1 amide bonds. The topological polar surface area (TPSA) is 102 Å². The zero-order valence-corrected chi connectivity index (χ0v) is 20.2. The highest BCUT2D eigenvalue weighted by Gasteiger charge is 2.29. The van der Waals surface area contributed by atoms with Crippen molar-refractivity contribution in [2.75, 3.05) is 32.1 Å². The molecule has 0 aliphatic carbocycles. The van der Waals surface area contributed by atoms with E-state index in [4.69, 9.17) is 9.47 Å². The maximum absolute atomic E-state index is 13.2. The number of piperidine rings is 1. The van der Waals surface area contributed by atoms with Gasteiger partial charge in [-0.3, -0.25) is 4.79 Å². The fraction of sp³-hybridized carbons (Fsp3) is 0.417. The zero-order chi connectivity index (χ0) is 24.2. The Morgan fingerprint density at radius 1 is 1.12 bits per heavy atom. The minimum Gasteiger partial charge on any atom is -0.496 e.